The molecule has 19 heavy (non-hydrogen) atoms. The zero-order valence-electron chi connectivity index (χ0n) is 9.76. The number of nitrogens with one attached hydrogen (secondary N) is 1. The number of thiophene rings is 1. The van der Waals surface area contributed by atoms with E-state index in [2.05, 4.69) is 53.1 Å². The molecule has 7 heteroatoms. The Morgan fingerprint density at radius 3 is 2.26 bits per heavy atom. The minimum atomic E-state index is -0.148. The van der Waals surface area contributed by atoms with Crippen molar-refractivity contribution >= 4 is 76.4 Å². The predicted octanol–water partition coefficient (Wildman–Crippen LogP) is 5.18. The molecule has 1 aromatic carbocycles. The summed E-state index contributed by atoms with van der Waals surface area (Å²) in [5, 5.41) is 2.86. The van der Waals surface area contributed by atoms with Crippen LogP contribution in [0, 0.1) is 6.92 Å². The van der Waals surface area contributed by atoms with Gasteiger partial charge in [-0.1, -0.05) is 0 Å². The number of anilines is 2. The summed E-state index contributed by atoms with van der Waals surface area (Å²) in [6.07, 6.45) is 0. The monoisotopic (exact) mass is 466 g/mol. The van der Waals surface area contributed by atoms with Gasteiger partial charge in [0.25, 0.3) is 5.91 Å². The smallest absolute Gasteiger partial charge is 0.265 e. The molecule has 100 valence electrons. The summed E-state index contributed by atoms with van der Waals surface area (Å²) >= 11 is 11.6. The van der Waals surface area contributed by atoms with E-state index in [0.29, 0.717) is 16.3 Å². The Balaban J connectivity index is 2.29. The van der Waals surface area contributed by atoms with Crippen molar-refractivity contribution in [3.63, 3.8) is 0 Å². The van der Waals surface area contributed by atoms with E-state index in [1.807, 2.05) is 13.0 Å². The fraction of sp³-hybridized carbons (Fsp3) is 0.0833. The van der Waals surface area contributed by atoms with Gasteiger partial charge < -0.3 is 11.1 Å². The second-order valence-electron chi connectivity index (χ2n) is 3.88. The molecule has 0 bridgehead atoms. The standard InChI is InChI=1S/C12H9Br3N2OS/c1-5-2-9(19-11(5)15)12(18)17-10-7(13)3-6(16)4-8(10)14/h2-4H,16H2,1H3,(H,17,18). The van der Waals surface area contributed by atoms with Gasteiger partial charge in [-0.15, -0.1) is 11.3 Å². The first-order chi connectivity index (χ1) is 8.88. The number of aryl methyl sites for hydroxylation is 1. The molecule has 0 aliphatic rings. The van der Waals surface area contributed by atoms with Gasteiger partial charge in [0.1, 0.15) is 0 Å². The lowest BCUT2D eigenvalue weighted by atomic mass is 10.2. The third-order valence-corrected chi connectivity index (χ3v) is 5.77. The molecule has 0 spiro atoms. The van der Waals surface area contributed by atoms with Gasteiger partial charge in [-0.2, -0.15) is 0 Å². The predicted molar refractivity (Wildman–Crippen MR) is 91.0 cm³/mol. The number of halogens is 3. The van der Waals surface area contributed by atoms with Crippen molar-refractivity contribution in [3.8, 4) is 0 Å². The number of carbonyl (C=O) groups excluding carboxylic acids is 1. The Hall–Kier alpha value is -0.370. The van der Waals surface area contributed by atoms with Crippen molar-refractivity contribution in [2.24, 2.45) is 0 Å². The summed E-state index contributed by atoms with van der Waals surface area (Å²) in [5.41, 5.74) is 8.05. The van der Waals surface area contributed by atoms with E-state index in [-0.39, 0.29) is 5.91 Å². The lowest BCUT2D eigenvalue weighted by molar-refractivity contribution is 0.103. The summed E-state index contributed by atoms with van der Waals surface area (Å²) < 4.78 is 2.44. The summed E-state index contributed by atoms with van der Waals surface area (Å²) in [5.74, 6) is -0.148. The lowest BCUT2D eigenvalue weighted by Gasteiger charge is -2.09. The normalized spacial score (nSPS) is 10.5. The number of carbonyl (C=O) groups is 1. The van der Waals surface area contributed by atoms with Crippen molar-refractivity contribution in [3.05, 3.63) is 41.4 Å². The number of nitrogens with two attached hydrogens (primary N) is 1. The van der Waals surface area contributed by atoms with Gasteiger partial charge >= 0.3 is 0 Å². The summed E-state index contributed by atoms with van der Waals surface area (Å²) in [4.78, 5) is 12.8. The van der Waals surface area contributed by atoms with E-state index >= 15 is 0 Å². The van der Waals surface area contributed by atoms with E-state index in [0.717, 1.165) is 18.3 Å². The first-order valence-electron chi connectivity index (χ1n) is 5.20. The van der Waals surface area contributed by atoms with Gasteiger partial charge in [0.05, 0.1) is 14.4 Å². The maximum absolute atomic E-state index is 12.2. The third kappa shape index (κ3) is 3.39. The Bertz CT molecular complexity index is 612. The van der Waals surface area contributed by atoms with Crippen LogP contribution in [0.2, 0.25) is 0 Å². The van der Waals surface area contributed by atoms with Gasteiger partial charge in [0, 0.05) is 14.6 Å². The van der Waals surface area contributed by atoms with Crippen molar-refractivity contribution in [2.45, 2.75) is 6.92 Å². The molecule has 2 aromatic rings. The van der Waals surface area contributed by atoms with Crippen LogP contribution in [0.1, 0.15) is 15.2 Å². The minimum Gasteiger partial charge on any atom is -0.399 e. The van der Waals surface area contributed by atoms with Crippen LogP contribution in [-0.2, 0) is 0 Å². The van der Waals surface area contributed by atoms with Gasteiger partial charge in [-0.25, -0.2) is 0 Å². The van der Waals surface area contributed by atoms with Crippen LogP contribution in [0.15, 0.2) is 30.9 Å². The van der Waals surface area contributed by atoms with Gasteiger partial charge in [-0.3, -0.25) is 4.79 Å². The summed E-state index contributed by atoms with van der Waals surface area (Å²) in [7, 11) is 0. The molecule has 0 saturated heterocycles. The van der Waals surface area contributed by atoms with Crippen LogP contribution in [0.3, 0.4) is 0 Å². The minimum absolute atomic E-state index is 0.148. The molecule has 1 heterocycles. The lowest BCUT2D eigenvalue weighted by Crippen LogP contribution is -2.11. The number of hydrogen-bond donors (Lipinski definition) is 2. The van der Waals surface area contributed by atoms with Crippen molar-refractivity contribution in [1.29, 1.82) is 0 Å². The first-order valence-corrected chi connectivity index (χ1v) is 8.40. The largest absolute Gasteiger partial charge is 0.399 e. The molecule has 0 radical (unpaired) electrons. The maximum atomic E-state index is 12.2. The van der Waals surface area contributed by atoms with E-state index in [9.17, 15) is 4.79 Å². The second kappa shape index (κ2) is 5.95. The number of hydrogen-bond acceptors (Lipinski definition) is 3. The van der Waals surface area contributed by atoms with E-state index in [4.69, 9.17) is 5.73 Å². The van der Waals surface area contributed by atoms with Crippen molar-refractivity contribution in [2.75, 3.05) is 11.1 Å². The molecule has 0 aliphatic heterocycles. The fourth-order valence-electron chi connectivity index (χ4n) is 1.46. The van der Waals surface area contributed by atoms with Gasteiger partial charge in [0.15, 0.2) is 0 Å². The molecule has 2 rings (SSSR count). The zero-order chi connectivity index (χ0) is 14.2. The molecule has 0 fully saturated rings. The van der Waals surface area contributed by atoms with Crippen LogP contribution >= 0.6 is 59.1 Å². The van der Waals surface area contributed by atoms with E-state index in [1.54, 1.807) is 12.1 Å². The topological polar surface area (TPSA) is 55.1 Å². The van der Waals surface area contributed by atoms with Crippen LogP contribution < -0.4 is 11.1 Å². The molecule has 0 saturated carbocycles. The number of rotatable bonds is 2. The van der Waals surface area contributed by atoms with Crippen molar-refractivity contribution in [1.82, 2.24) is 0 Å². The molecule has 3 N–H and O–H groups in total. The van der Waals surface area contributed by atoms with Crippen molar-refractivity contribution < 1.29 is 4.79 Å². The van der Waals surface area contributed by atoms with Gasteiger partial charge in [0.2, 0.25) is 0 Å². The molecule has 0 aliphatic carbocycles. The fourth-order valence-corrected chi connectivity index (χ4v) is 4.31. The van der Waals surface area contributed by atoms with Crippen LogP contribution in [0.5, 0.6) is 0 Å². The highest BCUT2D eigenvalue weighted by atomic mass is 79.9. The van der Waals surface area contributed by atoms with Crippen LogP contribution in [0.4, 0.5) is 11.4 Å². The van der Waals surface area contributed by atoms with E-state index in [1.165, 1.54) is 11.3 Å². The molecular formula is C12H9Br3N2OS. The quantitative estimate of drug-likeness (QED) is 0.597. The number of benzene rings is 1. The molecule has 0 atom stereocenters. The summed E-state index contributed by atoms with van der Waals surface area (Å²) in [6.45, 7) is 1.95. The molecule has 3 nitrogen and oxygen atoms in total. The zero-order valence-corrected chi connectivity index (χ0v) is 15.3. The Labute approximate surface area is 140 Å². The molecule has 1 aromatic heterocycles. The average Bonchev–Trinajstić information content (AvgIpc) is 2.64. The molecule has 1 amide bonds. The highest BCUT2D eigenvalue weighted by Gasteiger charge is 2.15. The molecule has 0 unspecified atom stereocenters. The van der Waals surface area contributed by atoms with Crippen LogP contribution in [0.25, 0.3) is 0 Å². The van der Waals surface area contributed by atoms with Crippen LogP contribution in [-0.4, -0.2) is 5.91 Å². The van der Waals surface area contributed by atoms with Gasteiger partial charge in [-0.05, 0) is 78.5 Å². The number of amides is 1. The SMILES string of the molecule is Cc1cc(C(=O)Nc2c(Br)cc(N)cc2Br)sc1Br. The Kier molecular flexibility index (Phi) is 4.70. The number of nitrogen functional groups attached to an aromatic ring is 1. The third-order valence-electron chi connectivity index (χ3n) is 2.38. The average molecular weight is 469 g/mol. The Morgan fingerprint density at radius 1 is 1.21 bits per heavy atom. The highest BCUT2D eigenvalue weighted by molar-refractivity contribution is 9.11. The molecular weight excluding hydrogens is 460 g/mol. The maximum Gasteiger partial charge on any atom is 0.265 e. The highest BCUT2D eigenvalue weighted by Crippen LogP contribution is 2.34. The van der Waals surface area contributed by atoms with E-state index < -0.39 is 0 Å². The second-order valence-corrected chi connectivity index (χ2v) is 7.96. The Morgan fingerprint density at radius 2 is 1.79 bits per heavy atom. The first kappa shape index (κ1) is 15.0. The summed E-state index contributed by atoms with van der Waals surface area (Å²) in [6, 6.07) is 5.34.